The molecule has 1 aliphatic heterocycles. The number of carbonyl (C=O) groups excluding carboxylic acids is 1. The lowest BCUT2D eigenvalue weighted by Gasteiger charge is -2.47. The molecule has 0 aromatic carbocycles. The van der Waals surface area contributed by atoms with Crippen molar-refractivity contribution in [3.05, 3.63) is 23.8 Å². The molecular formula is C14H18O3. The molecule has 0 aromatic heterocycles. The molecule has 0 amide bonds. The monoisotopic (exact) mass is 234 g/mol. The predicted molar refractivity (Wildman–Crippen MR) is 63.2 cm³/mol. The van der Waals surface area contributed by atoms with Crippen LogP contribution in [0.1, 0.15) is 13.8 Å². The Morgan fingerprint density at radius 3 is 3.00 bits per heavy atom. The van der Waals surface area contributed by atoms with Gasteiger partial charge >= 0.3 is 0 Å². The van der Waals surface area contributed by atoms with Crippen LogP contribution in [0.15, 0.2) is 23.8 Å². The molecule has 1 saturated heterocycles. The summed E-state index contributed by atoms with van der Waals surface area (Å²) in [5.41, 5.74) is 1.18. The second-order valence-corrected chi connectivity index (χ2v) is 5.23. The van der Waals surface area contributed by atoms with Crippen LogP contribution in [0.25, 0.3) is 0 Å². The van der Waals surface area contributed by atoms with Crippen molar-refractivity contribution in [3.63, 3.8) is 0 Å². The number of hydrogen-bond acceptors (Lipinski definition) is 3. The Morgan fingerprint density at radius 2 is 2.35 bits per heavy atom. The maximum atomic E-state index is 12.6. The van der Waals surface area contributed by atoms with E-state index in [2.05, 4.69) is 12.2 Å². The Balaban J connectivity index is 2.13. The van der Waals surface area contributed by atoms with E-state index >= 15 is 0 Å². The van der Waals surface area contributed by atoms with Crippen LogP contribution in [0, 0.1) is 23.7 Å². The van der Waals surface area contributed by atoms with E-state index in [-0.39, 0.29) is 23.5 Å². The molecule has 0 radical (unpaired) electrons. The van der Waals surface area contributed by atoms with Crippen molar-refractivity contribution in [1.82, 2.24) is 0 Å². The summed E-state index contributed by atoms with van der Waals surface area (Å²) in [6.45, 7) is 4.68. The Bertz CT molecular complexity index is 423. The third kappa shape index (κ3) is 1.16. The highest BCUT2D eigenvalue weighted by molar-refractivity contribution is 5.94. The van der Waals surface area contributed by atoms with Crippen molar-refractivity contribution in [1.29, 1.82) is 0 Å². The van der Waals surface area contributed by atoms with Crippen LogP contribution < -0.4 is 0 Å². The van der Waals surface area contributed by atoms with E-state index in [0.717, 1.165) is 0 Å². The number of ketones is 1. The molecule has 0 N–H and O–H groups in total. The van der Waals surface area contributed by atoms with Crippen molar-refractivity contribution in [2.45, 2.75) is 19.6 Å². The van der Waals surface area contributed by atoms with Gasteiger partial charge in [-0.1, -0.05) is 23.8 Å². The lowest BCUT2D eigenvalue weighted by Crippen LogP contribution is -2.58. The minimum absolute atomic E-state index is 0.0522. The first-order chi connectivity index (χ1) is 8.15. The molecule has 4 bridgehead atoms. The summed E-state index contributed by atoms with van der Waals surface area (Å²) in [4.78, 5) is 12.6. The van der Waals surface area contributed by atoms with Crippen molar-refractivity contribution >= 4 is 5.78 Å². The normalized spacial score (nSPS) is 47.9. The lowest BCUT2D eigenvalue weighted by atomic mass is 9.58. The Labute approximate surface area is 101 Å². The molecule has 17 heavy (non-hydrogen) atoms. The summed E-state index contributed by atoms with van der Waals surface area (Å²) in [7, 11) is 1.58. The maximum absolute atomic E-state index is 12.6. The fourth-order valence-electron chi connectivity index (χ4n) is 3.83. The number of rotatable bonds is 2. The molecule has 1 saturated carbocycles. The van der Waals surface area contributed by atoms with E-state index in [1.165, 1.54) is 5.57 Å². The SMILES string of the molecule is C/C=C/[C@H]1[C@@H]2C(=O)[C@]3(OC)OC[C@H]1[C@@H]3C=C2C. The van der Waals surface area contributed by atoms with E-state index in [4.69, 9.17) is 9.47 Å². The summed E-state index contributed by atoms with van der Waals surface area (Å²) >= 11 is 0. The lowest BCUT2D eigenvalue weighted by molar-refractivity contribution is -0.216. The van der Waals surface area contributed by atoms with Crippen molar-refractivity contribution < 1.29 is 14.3 Å². The summed E-state index contributed by atoms with van der Waals surface area (Å²) < 4.78 is 11.2. The summed E-state index contributed by atoms with van der Waals surface area (Å²) in [6, 6.07) is 0. The molecule has 0 unspecified atom stereocenters. The van der Waals surface area contributed by atoms with Gasteiger partial charge in [-0.3, -0.25) is 4.79 Å². The number of carbonyl (C=O) groups is 1. The topological polar surface area (TPSA) is 35.5 Å². The van der Waals surface area contributed by atoms with Crippen molar-refractivity contribution in [2.75, 3.05) is 13.7 Å². The highest BCUT2D eigenvalue weighted by Crippen LogP contribution is 2.56. The van der Waals surface area contributed by atoms with Crippen molar-refractivity contribution in [2.24, 2.45) is 23.7 Å². The van der Waals surface area contributed by atoms with Crippen LogP contribution in [0.4, 0.5) is 0 Å². The molecule has 4 rings (SSSR count). The first-order valence-corrected chi connectivity index (χ1v) is 6.20. The number of Topliss-reactive ketones (excluding diaryl/α,β-unsaturated/α-hetero) is 1. The number of ether oxygens (including phenoxy) is 2. The summed E-state index contributed by atoms with van der Waals surface area (Å²) in [5, 5.41) is 0. The molecule has 4 aliphatic rings. The number of allylic oxidation sites excluding steroid dienone is 3. The Morgan fingerprint density at radius 1 is 1.59 bits per heavy atom. The summed E-state index contributed by atoms with van der Waals surface area (Å²) in [5.74, 6) is -0.157. The fraction of sp³-hybridized carbons (Fsp3) is 0.643. The average molecular weight is 234 g/mol. The van der Waals surface area contributed by atoms with Gasteiger partial charge in [0.2, 0.25) is 5.79 Å². The van der Waals surface area contributed by atoms with Crippen LogP contribution >= 0.6 is 0 Å². The van der Waals surface area contributed by atoms with Gasteiger partial charge in [-0.05, 0) is 19.8 Å². The Kier molecular flexibility index (Phi) is 2.32. The molecule has 3 heteroatoms. The quantitative estimate of drug-likeness (QED) is 0.685. The smallest absolute Gasteiger partial charge is 0.236 e. The third-order valence-corrected chi connectivity index (χ3v) is 4.55. The van der Waals surface area contributed by atoms with Gasteiger partial charge in [-0.15, -0.1) is 0 Å². The Hall–Kier alpha value is -0.930. The van der Waals surface area contributed by atoms with Crippen LogP contribution in [0.5, 0.6) is 0 Å². The molecule has 3 aliphatic carbocycles. The fourth-order valence-corrected chi connectivity index (χ4v) is 3.83. The van der Waals surface area contributed by atoms with E-state index in [1.807, 2.05) is 19.9 Å². The molecule has 92 valence electrons. The van der Waals surface area contributed by atoms with Gasteiger partial charge in [-0.25, -0.2) is 0 Å². The molecule has 2 fully saturated rings. The van der Waals surface area contributed by atoms with E-state index in [9.17, 15) is 4.79 Å². The van der Waals surface area contributed by atoms with E-state index in [0.29, 0.717) is 12.5 Å². The predicted octanol–water partition coefficient (Wildman–Crippen LogP) is 1.94. The minimum atomic E-state index is -0.979. The molecule has 1 heterocycles. The first kappa shape index (κ1) is 11.2. The van der Waals surface area contributed by atoms with Gasteiger partial charge in [0.1, 0.15) is 0 Å². The third-order valence-electron chi connectivity index (χ3n) is 4.55. The van der Waals surface area contributed by atoms with Gasteiger partial charge in [0.15, 0.2) is 5.78 Å². The highest BCUT2D eigenvalue weighted by atomic mass is 16.7. The second-order valence-electron chi connectivity index (χ2n) is 5.23. The average Bonchev–Trinajstić information content (AvgIpc) is 2.63. The largest absolute Gasteiger partial charge is 0.347 e. The first-order valence-electron chi connectivity index (χ1n) is 6.20. The standard InChI is InChI=1S/C14H18O3/c1-4-5-9-10-7-17-14(16-3)11(10)6-8(2)12(9)13(14)15/h4-6,9-12H,7H2,1-3H3/b5-4+/t9-,10-,11+,12-,14-/m1/s1. The minimum Gasteiger partial charge on any atom is -0.347 e. The zero-order chi connectivity index (χ0) is 12.2. The van der Waals surface area contributed by atoms with Gasteiger partial charge in [0, 0.05) is 18.9 Å². The van der Waals surface area contributed by atoms with Crippen LogP contribution in [-0.4, -0.2) is 25.3 Å². The van der Waals surface area contributed by atoms with Gasteiger partial charge < -0.3 is 9.47 Å². The number of methoxy groups -OCH3 is 1. The van der Waals surface area contributed by atoms with Crippen LogP contribution in [0.3, 0.4) is 0 Å². The zero-order valence-corrected chi connectivity index (χ0v) is 10.5. The van der Waals surface area contributed by atoms with E-state index in [1.54, 1.807) is 7.11 Å². The summed E-state index contributed by atoms with van der Waals surface area (Å²) in [6.07, 6.45) is 6.39. The van der Waals surface area contributed by atoms with Gasteiger partial charge in [0.05, 0.1) is 12.5 Å². The number of hydrogen-bond donors (Lipinski definition) is 0. The molecule has 0 spiro atoms. The molecular weight excluding hydrogens is 216 g/mol. The second kappa shape index (κ2) is 3.53. The molecule has 3 nitrogen and oxygen atoms in total. The van der Waals surface area contributed by atoms with Crippen LogP contribution in [-0.2, 0) is 14.3 Å². The van der Waals surface area contributed by atoms with Crippen molar-refractivity contribution in [3.8, 4) is 0 Å². The highest BCUT2D eigenvalue weighted by Gasteiger charge is 2.66. The van der Waals surface area contributed by atoms with Gasteiger partial charge in [0.25, 0.3) is 0 Å². The van der Waals surface area contributed by atoms with Crippen LogP contribution in [0.2, 0.25) is 0 Å². The molecule has 5 atom stereocenters. The maximum Gasteiger partial charge on any atom is 0.236 e. The van der Waals surface area contributed by atoms with Gasteiger partial charge in [-0.2, -0.15) is 0 Å². The zero-order valence-electron chi connectivity index (χ0n) is 10.5. The molecule has 0 aromatic rings. The van der Waals surface area contributed by atoms with E-state index < -0.39 is 5.79 Å².